The second-order valence-electron chi connectivity index (χ2n) is 9.76. The maximum absolute atomic E-state index is 13.2. The van der Waals surface area contributed by atoms with Gasteiger partial charge in [-0.1, -0.05) is 32.9 Å². The van der Waals surface area contributed by atoms with Gasteiger partial charge in [0.1, 0.15) is 5.75 Å². The molecule has 0 saturated heterocycles. The second-order valence-corrected chi connectivity index (χ2v) is 9.76. The van der Waals surface area contributed by atoms with Crippen molar-refractivity contribution in [3.8, 4) is 5.75 Å². The van der Waals surface area contributed by atoms with E-state index in [9.17, 15) is 15.0 Å². The molecule has 0 bridgehead atoms. The number of anilines is 1. The Labute approximate surface area is 193 Å². The lowest BCUT2D eigenvalue weighted by atomic mass is 9.92. The van der Waals surface area contributed by atoms with Crippen molar-refractivity contribution in [1.29, 1.82) is 0 Å². The van der Waals surface area contributed by atoms with Gasteiger partial charge in [0.05, 0.1) is 31.8 Å². The number of methoxy groups -OCH3 is 1. The first-order chi connectivity index (χ1) is 15.2. The molecule has 1 fully saturated rings. The van der Waals surface area contributed by atoms with E-state index in [1.165, 1.54) is 0 Å². The lowest BCUT2D eigenvalue weighted by Gasteiger charge is -2.23. The minimum Gasteiger partial charge on any atom is -0.497 e. The van der Waals surface area contributed by atoms with Gasteiger partial charge >= 0.3 is 0 Å². The molecule has 1 amide bonds. The molecule has 2 aromatic carbocycles. The molecular weight excluding hydrogens is 404 g/mol. The first kappa shape index (κ1) is 22.4. The van der Waals surface area contributed by atoms with Crippen molar-refractivity contribution in [1.82, 2.24) is 4.57 Å². The van der Waals surface area contributed by atoms with Crippen LogP contribution in [-0.4, -0.2) is 40.5 Å². The van der Waals surface area contributed by atoms with Crippen LogP contribution < -0.4 is 10.1 Å². The summed E-state index contributed by atoms with van der Waals surface area (Å²) in [6, 6.07) is 15.7. The first-order valence-electron chi connectivity index (χ1n) is 11.1. The number of benzene rings is 2. The fraction of sp³-hybridized carbons (Fsp3) is 0.423. The summed E-state index contributed by atoms with van der Waals surface area (Å²) in [6.07, 6.45) is 0.832. The molecule has 1 saturated carbocycles. The van der Waals surface area contributed by atoms with E-state index in [2.05, 4.69) is 36.7 Å². The molecule has 0 unspecified atom stereocenters. The van der Waals surface area contributed by atoms with Crippen LogP contribution in [0.1, 0.15) is 49.2 Å². The van der Waals surface area contributed by atoms with Crippen molar-refractivity contribution in [3.63, 3.8) is 0 Å². The summed E-state index contributed by atoms with van der Waals surface area (Å²) in [5, 5.41) is 23.5. The third-order valence-corrected chi connectivity index (χ3v) is 6.36. The molecule has 0 aliphatic heterocycles. The van der Waals surface area contributed by atoms with Gasteiger partial charge in [0.25, 0.3) is 0 Å². The third-order valence-electron chi connectivity index (χ3n) is 6.36. The highest BCUT2D eigenvalue weighted by Gasteiger charge is 2.51. The molecular formula is C26H38N2O4. The number of carbonyl (C=O) groups is 1. The molecule has 1 aliphatic carbocycles. The topological polar surface area (TPSA) is 83.7 Å². The summed E-state index contributed by atoms with van der Waals surface area (Å²) >= 11 is 0. The standard InChI is InChI=1S/C26H32N2O4.3H2/c1-25(2,3)23-14-17-13-19(7-10-22(17)28(23)15-20(30)16-29)27-24(31)26(11-12-26)18-5-8-21(32-4)9-6-18;;;/h5-10,13-14,20,29-30H,11-12,15-16H2,1-4H3,(H,27,31);3*1H/t20-;;;/m0.../s1. The predicted molar refractivity (Wildman–Crippen MR) is 133 cm³/mol. The molecule has 1 aromatic heterocycles. The molecule has 6 heteroatoms. The van der Waals surface area contributed by atoms with Gasteiger partial charge in [-0.05, 0) is 54.8 Å². The smallest absolute Gasteiger partial charge is 0.235 e. The Morgan fingerprint density at radius 1 is 1.19 bits per heavy atom. The number of rotatable bonds is 7. The average molecular weight is 443 g/mol. The Morgan fingerprint density at radius 3 is 2.44 bits per heavy atom. The molecule has 0 spiro atoms. The van der Waals surface area contributed by atoms with Gasteiger partial charge in [0.15, 0.2) is 0 Å². The Balaban J connectivity index is 0.00000204. The number of amides is 1. The zero-order chi connectivity index (χ0) is 23.1. The zero-order valence-electron chi connectivity index (χ0n) is 19.2. The lowest BCUT2D eigenvalue weighted by molar-refractivity contribution is -0.118. The monoisotopic (exact) mass is 442 g/mol. The highest BCUT2D eigenvalue weighted by molar-refractivity contribution is 6.02. The van der Waals surface area contributed by atoms with Gasteiger partial charge < -0.3 is 24.8 Å². The Bertz CT molecular complexity index is 1140. The molecule has 1 aliphatic rings. The van der Waals surface area contributed by atoms with E-state index in [4.69, 9.17) is 4.74 Å². The van der Waals surface area contributed by atoms with Crippen LogP contribution in [0.4, 0.5) is 5.69 Å². The van der Waals surface area contributed by atoms with E-state index in [0.717, 1.165) is 46.4 Å². The van der Waals surface area contributed by atoms with Crippen LogP contribution in [0.15, 0.2) is 48.5 Å². The highest BCUT2D eigenvalue weighted by atomic mass is 16.5. The van der Waals surface area contributed by atoms with Crippen LogP contribution in [0.5, 0.6) is 5.75 Å². The van der Waals surface area contributed by atoms with Crippen LogP contribution in [-0.2, 0) is 22.2 Å². The number of hydrogen-bond donors (Lipinski definition) is 3. The number of fused-ring (bicyclic) bond motifs is 1. The number of nitrogens with zero attached hydrogens (tertiary/aromatic N) is 1. The number of carbonyl (C=O) groups excluding carboxylic acids is 1. The van der Waals surface area contributed by atoms with Gasteiger partial charge in [0.2, 0.25) is 5.91 Å². The molecule has 0 radical (unpaired) electrons. The Hall–Kier alpha value is -2.83. The summed E-state index contributed by atoms with van der Waals surface area (Å²) in [5.74, 6) is 0.786. The normalized spacial score (nSPS) is 16.1. The van der Waals surface area contributed by atoms with E-state index >= 15 is 0 Å². The lowest BCUT2D eigenvalue weighted by Crippen LogP contribution is -2.27. The van der Waals surface area contributed by atoms with E-state index < -0.39 is 11.5 Å². The molecule has 32 heavy (non-hydrogen) atoms. The minimum atomic E-state index is -0.828. The minimum absolute atomic E-state index is 0. The number of ether oxygens (including phenoxy) is 1. The summed E-state index contributed by atoms with van der Waals surface area (Å²) in [7, 11) is 1.63. The van der Waals surface area contributed by atoms with Crippen molar-refractivity contribution in [3.05, 3.63) is 59.8 Å². The largest absolute Gasteiger partial charge is 0.497 e. The Kier molecular flexibility index (Phi) is 5.77. The molecule has 1 heterocycles. The van der Waals surface area contributed by atoms with Crippen LogP contribution in [0.2, 0.25) is 0 Å². The average Bonchev–Trinajstić information content (AvgIpc) is 3.50. The number of aromatic nitrogens is 1. The third kappa shape index (κ3) is 4.12. The fourth-order valence-corrected chi connectivity index (χ4v) is 4.37. The second kappa shape index (κ2) is 8.26. The van der Waals surface area contributed by atoms with Gasteiger partial charge in [-0.2, -0.15) is 0 Å². The molecule has 3 N–H and O–H groups in total. The van der Waals surface area contributed by atoms with Crippen molar-refractivity contribution in [2.45, 2.75) is 57.1 Å². The summed E-state index contributed by atoms with van der Waals surface area (Å²) in [4.78, 5) is 13.2. The van der Waals surface area contributed by atoms with Crippen LogP contribution in [0.3, 0.4) is 0 Å². The maximum Gasteiger partial charge on any atom is 0.235 e. The SMILES string of the molecule is COc1ccc(C2(C(=O)Nc3ccc4c(c3)cc(C(C)(C)C)n4C[C@H](O)CO)CC2)cc1.[HH].[HH].[HH]. The molecule has 6 nitrogen and oxygen atoms in total. The zero-order valence-corrected chi connectivity index (χ0v) is 19.2. The Morgan fingerprint density at radius 2 is 1.88 bits per heavy atom. The van der Waals surface area contributed by atoms with E-state index in [0.29, 0.717) is 6.54 Å². The molecule has 3 aromatic rings. The number of aliphatic hydroxyl groups is 2. The molecule has 4 rings (SSSR count). The summed E-state index contributed by atoms with van der Waals surface area (Å²) in [5.41, 5.74) is 3.19. The van der Waals surface area contributed by atoms with Crippen LogP contribution in [0.25, 0.3) is 10.9 Å². The number of hydrogen-bond acceptors (Lipinski definition) is 4. The number of aliphatic hydroxyl groups excluding tert-OH is 2. The highest BCUT2D eigenvalue weighted by Crippen LogP contribution is 2.49. The van der Waals surface area contributed by atoms with Crippen molar-refractivity contribution < 1.29 is 24.0 Å². The van der Waals surface area contributed by atoms with Crippen molar-refractivity contribution >= 4 is 22.5 Å². The molecule has 176 valence electrons. The summed E-state index contributed by atoms with van der Waals surface area (Å²) in [6.45, 7) is 6.40. The first-order valence-corrected chi connectivity index (χ1v) is 11.1. The number of nitrogens with one attached hydrogen (secondary N) is 1. The summed E-state index contributed by atoms with van der Waals surface area (Å²) < 4.78 is 7.29. The van der Waals surface area contributed by atoms with Gasteiger partial charge in [0, 0.05) is 32.0 Å². The van der Waals surface area contributed by atoms with Crippen LogP contribution >= 0.6 is 0 Å². The maximum atomic E-state index is 13.2. The predicted octanol–water partition coefficient (Wildman–Crippen LogP) is 4.71. The van der Waals surface area contributed by atoms with E-state index in [1.807, 2.05) is 42.5 Å². The van der Waals surface area contributed by atoms with Crippen LogP contribution in [0, 0.1) is 0 Å². The quantitative estimate of drug-likeness (QED) is 0.495. The van der Waals surface area contributed by atoms with Gasteiger partial charge in [-0.25, -0.2) is 0 Å². The van der Waals surface area contributed by atoms with Crippen molar-refractivity contribution in [2.24, 2.45) is 0 Å². The van der Waals surface area contributed by atoms with E-state index in [1.54, 1.807) is 7.11 Å². The van der Waals surface area contributed by atoms with E-state index in [-0.39, 0.29) is 22.2 Å². The van der Waals surface area contributed by atoms with Gasteiger partial charge in [-0.3, -0.25) is 4.79 Å². The van der Waals surface area contributed by atoms with Gasteiger partial charge in [-0.15, -0.1) is 0 Å². The fourth-order valence-electron chi connectivity index (χ4n) is 4.37. The van der Waals surface area contributed by atoms with Crippen molar-refractivity contribution in [2.75, 3.05) is 19.0 Å². The molecule has 1 atom stereocenters.